The van der Waals surface area contributed by atoms with Gasteiger partial charge in [-0.15, -0.1) is 0 Å². The van der Waals surface area contributed by atoms with Crippen LogP contribution in [0.2, 0.25) is 0 Å². The van der Waals surface area contributed by atoms with Gasteiger partial charge >= 0.3 is 5.97 Å². The number of carbonyl (C=O) groups is 1. The van der Waals surface area contributed by atoms with Crippen LogP contribution >= 0.6 is 0 Å². The minimum Gasteiger partial charge on any atom is -0.491 e. The predicted octanol–water partition coefficient (Wildman–Crippen LogP) is 6.38. The van der Waals surface area contributed by atoms with Gasteiger partial charge < -0.3 is 14.2 Å². The monoisotopic (exact) mass is 466 g/mol. The molecule has 1 aliphatic heterocycles. The van der Waals surface area contributed by atoms with Crippen molar-refractivity contribution in [2.24, 2.45) is 11.8 Å². The fraction of sp³-hybridized carbons (Fsp3) is 0.607. The Hall–Kier alpha value is -2.47. The Morgan fingerprint density at radius 1 is 0.912 bits per heavy atom. The number of rotatable bonds is 12. The van der Waals surface area contributed by atoms with Crippen LogP contribution in [0.15, 0.2) is 36.7 Å². The quantitative estimate of drug-likeness (QED) is 0.205. The van der Waals surface area contributed by atoms with Crippen molar-refractivity contribution in [2.75, 3.05) is 6.61 Å². The van der Waals surface area contributed by atoms with E-state index in [9.17, 15) is 4.79 Å². The maximum Gasteiger partial charge on any atom is 0.314 e. The van der Waals surface area contributed by atoms with Crippen LogP contribution in [0.1, 0.15) is 78.1 Å². The third-order valence-corrected chi connectivity index (χ3v) is 7.03. The highest BCUT2D eigenvalue weighted by Crippen LogP contribution is 2.33. The normalized spacial score (nSPS) is 23.9. The van der Waals surface area contributed by atoms with E-state index in [4.69, 9.17) is 14.2 Å². The summed E-state index contributed by atoms with van der Waals surface area (Å²) in [5.74, 6) is 2.42. The number of hydrogen-bond acceptors (Lipinski definition) is 6. The van der Waals surface area contributed by atoms with Gasteiger partial charge in [0.1, 0.15) is 18.5 Å². The smallest absolute Gasteiger partial charge is 0.314 e. The van der Waals surface area contributed by atoms with Gasteiger partial charge in [-0.1, -0.05) is 46.0 Å². The fourth-order valence-electron chi connectivity index (χ4n) is 4.83. The largest absolute Gasteiger partial charge is 0.491 e. The molecule has 2 aliphatic rings. The Bertz CT molecular complexity index is 892. The molecule has 6 heteroatoms. The van der Waals surface area contributed by atoms with Crippen molar-refractivity contribution in [3.05, 3.63) is 36.7 Å². The summed E-state index contributed by atoms with van der Waals surface area (Å²) in [7, 11) is 0. The molecule has 2 fully saturated rings. The molecule has 0 bridgehead atoms. The van der Waals surface area contributed by atoms with Gasteiger partial charge in [-0.05, 0) is 62.3 Å². The molecule has 1 saturated heterocycles. The number of carbonyl (C=O) groups excluding carboxylic acids is 1. The highest BCUT2D eigenvalue weighted by molar-refractivity contribution is 5.75. The molecular formula is C28H38N2O4. The summed E-state index contributed by atoms with van der Waals surface area (Å²) in [6.45, 7) is 4.99. The Kier molecular flexibility index (Phi) is 8.91. The number of aromatic nitrogens is 2. The Morgan fingerprint density at radius 3 is 2.32 bits per heavy atom. The van der Waals surface area contributed by atoms with E-state index in [1.165, 1.54) is 25.7 Å². The van der Waals surface area contributed by atoms with E-state index in [-0.39, 0.29) is 18.0 Å². The average molecular weight is 467 g/mol. The van der Waals surface area contributed by atoms with Crippen LogP contribution in [0.5, 0.6) is 11.5 Å². The van der Waals surface area contributed by atoms with Crippen LogP contribution in [0.25, 0.3) is 11.4 Å². The zero-order valence-electron chi connectivity index (χ0n) is 20.6. The molecule has 0 unspecified atom stereocenters. The van der Waals surface area contributed by atoms with Gasteiger partial charge in [-0.2, -0.15) is 0 Å². The summed E-state index contributed by atoms with van der Waals surface area (Å²) in [4.78, 5) is 21.4. The molecule has 4 rings (SSSR count). The lowest BCUT2D eigenvalue weighted by Gasteiger charge is -2.27. The van der Waals surface area contributed by atoms with Crippen LogP contribution in [0.4, 0.5) is 0 Å². The zero-order valence-corrected chi connectivity index (χ0v) is 20.6. The van der Waals surface area contributed by atoms with Crippen molar-refractivity contribution in [2.45, 2.75) is 90.3 Å². The molecule has 0 amide bonds. The van der Waals surface area contributed by atoms with Gasteiger partial charge in [-0.25, -0.2) is 9.97 Å². The van der Waals surface area contributed by atoms with Gasteiger partial charge in [-0.3, -0.25) is 4.79 Å². The van der Waals surface area contributed by atoms with Crippen LogP contribution in [-0.2, 0) is 9.53 Å². The SMILES string of the molecule is CCCCC[C@H]1CC[C@H](C(=O)Oc2cnc(-c3ccc(OC[C@@H]4O[C@H]4CCC)cc3)nc2)CC1. The van der Waals surface area contributed by atoms with Crippen LogP contribution in [-0.4, -0.2) is 34.8 Å². The lowest BCUT2D eigenvalue weighted by molar-refractivity contribution is -0.140. The molecule has 0 spiro atoms. The van der Waals surface area contributed by atoms with Gasteiger partial charge in [0.05, 0.1) is 24.4 Å². The third-order valence-electron chi connectivity index (χ3n) is 7.03. The van der Waals surface area contributed by atoms with Crippen LogP contribution < -0.4 is 9.47 Å². The Balaban J connectivity index is 1.21. The van der Waals surface area contributed by atoms with Crippen LogP contribution in [0.3, 0.4) is 0 Å². The van der Waals surface area contributed by atoms with Crippen molar-refractivity contribution in [1.82, 2.24) is 9.97 Å². The van der Waals surface area contributed by atoms with Crippen molar-refractivity contribution in [3.8, 4) is 22.9 Å². The molecule has 2 heterocycles. The molecule has 1 aliphatic carbocycles. The van der Waals surface area contributed by atoms with Gasteiger partial charge in [0.2, 0.25) is 0 Å². The first-order valence-electron chi connectivity index (χ1n) is 13.1. The summed E-state index contributed by atoms with van der Waals surface area (Å²) in [5, 5.41) is 0. The molecule has 1 saturated carbocycles. The summed E-state index contributed by atoms with van der Waals surface area (Å²) in [5.41, 5.74) is 0.887. The van der Waals surface area contributed by atoms with Gasteiger partial charge in [0.15, 0.2) is 11.6 Å². The molecule has 1 aromatic heterocycles. The Morgan fingerprint density at radius 2 is 1.65 bits per heavy atom. The second kappa shape index (κ2) is 12.3. The minimum atomic E-state index is -0.148. The fourth-order valence-corrected chi connectivity index (χ4v) is 4.83. The van der Waals surface area contributed by atoms with E-state index in [0.717, 1.165) is 55.8 Å². The summed E-state index contributed by atoms with van der Waals surface area (Å²) < 4.78 is 17.0. The molecule has 6 nitrogen and oxygen atoms in total. The minimum absolute atomic E-state index is 0.00654. The van der Waals surface area contributed by atoms with E-state index in [0.29, 0.717) is 24.3 Å². The number of ether oxygens (including phenoxy) is 3. The third kappa shape index (κ3) is 7.02. The highest BCUT2D eigenvalue weighted by atomic mass is 16.6. The number of hydrogen-bond donors (Lipinski definition) is 0. The highest BCUT2D eigenvalue weighted by Gasteiger charge is 2.38. The second-order valence-electron chi connectivity index (χ2n) is 9.71. The standard InChI is InChI=1S/C28H38N2O4/c1-3-5-6-8-20-9-11-22(12-10-20)28(31)33-24-17-29-27(30-18-24)21-13-15-23(16-14-21)32-19-26-25(34-26)7-4-2/h13-18,20,22,25-26H,3-12,19H2,1-2H3/t20-,22-,25-,26-/m0/s1. The average Bonchev–Trinajstić information content (AvgIpc) is 3.62. The lowest BCUT2D eigenvalue weighted by atomic mass is 9.80. The maximum absolute atomic E-state index is 12.6. The second-order valence-corrected chi connectivity index (χ2v) is 9.71. The van der Waals surface area contributed by atoms with E-state index in [1.807, 2.05) is 24.3 Å². The maximum atomic E-state index is 12.6. The molecule has 1 aromatic carbocycles. The zero-order chi connectivity index (χ0) is 23.8. The van der Waals surface area contributed by atoms with Gasteiger partial charge in [0, 0.05) is 5.56 Å². The first-order valence-corrected chi connectivity index (χ1v) is 13.1. The molecule has 2 aromatic rings. The van der Waals surface area contributed by atoms with Crippen molar-refractivity contribution in [1.29, 1.82) is 0 Å². The van der Waals surface area contributed by atoms with E-state index < -0.39 is 0 Å². The number of unbranched alkanes of at least 4 members (excludes halogenated alkanes) is 2. The molecule has 34 heavy (non-hydrogen) atoms. The summed E-state index contributed by atoms with van der Waals surface area (Å²) in [6.07, 6.45) is 15.3. The number of epoxide rings is 1. The first kappa shape index (κ1) is 24.6. The van der Waals surface area contributed by atoms with Crippen LogP contribution in [0, 0.1) is 11.8 Å². The van der Waals surface area contributed by atoms with Crippen molar-refractivity contribution in [3.63, 3.8) is 0 Å². The topological polar surface area (TPSA) is 73.8 Å². The predicted molar refractivity (Wildman–Crippen MR) is 132 cm³/mol. The first-order chi connectivity index (χ1) is 16.7. The van der Waals surface area contributed by atoms with E-state index in [1.54, 1.807) is 12.4 Å². The molecule has 0 radical (unpaired) electrons. The summed E-state index contributed by atoms with van der Waals surface area (Å²) in [6, 6.07) is 7.71. The molecule has 0 N–H and O–H groups in total. The number of nitrogens with zero attached hydrogens (tertiary/aromatic N) is 2. The summed E-state index contributed by atoms with van der Waals surface area (Å²) >= 11 is 0. The Labute approximate surface area is 203 Å². The molecular weight excluding hydrogens is 428 g/mol. The molecule has 2 atom stereocenters. The van der Waals surface area contributed by atoms with Crippen molar-refractivity contribution >= 4 is 5.97 Å². The van der Waals surface area contributed by atoms with Crippen molar-refractivity contribution < 1.29 is 19.0 Å². The lowest BCUT2D eigenvalue weighted by Crippen LogP contribution is -2.25. The van der Waals surface area contributed by atoms with Gasteiger partial charge in [0.25, 0.3) is 0 Å². The van der Waals surface area contributed by atoms with E-state index in [2.05, 4.69) is 23.8 Å². The molecule has 184 valence electrons. The number of esters is 1. The van der Waals surface area contributed by atoms with E-state index >= 15 is 0 Å². The number of benzene rings is 1.